The Hall–Kier alpha value is -2.28. The van der Waals surface area contributed by atoms with Gasteiger partial charge in [-0.25, -0.2) is 0 Å². The monoisotopic (exact) mass is 422 g/mol. The summed E-state index contributed by atoms with van der Waals surface area (Å²) in [5.41, 5.74) is 0.779. The van der Waals surface area contributed by atoms with Crippen LogP contribution in [0.1, 0.15) is 23.2 Å². The molecule has 2 amide bonds. The first kappa shape index (κ1) is 20.5. The zero-order valence-electron chi connectivity index (χ0n) is 15.0. The summed E-state index contributed by atoms with van der Waals surface area (Å²) in [6, 6.07) is 11.5. The number of amides is 2. The lowest BCUT2D eigenvalue weighted by Gasteiger charge is -2.14. The molecular formula is C20H20Cl2N2O4. The molecule has 2 N–H and O–H groups in total. The highest BCUT2D eigenvalue weighted by Crippen LogP contribution is 2.27. The van der Waals surface area contributed by atoms with Crippen LogP contribution in [0.4, 0.5) is 5.69 Å². The molecule has 0 aromatic heterocycles. The number of halogens is 2. The number of hydrogen-bond donors (Lipinski definition) is 2. The fourth-order valence-corrected chi connectivity index (χ4v) is 3.28. The fraction of sp³-hybridized carbons (Fsp3) is 0.300. The molecule has 0 aliphatic carbocycles. The quantitative estimate of drug-likeness (QED) is 0.708. The molecule has 1 saturated heterocycles. The molecule has 0 unspecified atom stereocenters. The highest BCUT2D eigenvalue weighted by molar-refractivity contribution is 6.35. The summed E-state index contributed by atoms with van der Waals surface area (Å²) in [5.74, 6) is -0.331. The van der Waals surface area contributed by atoms with E-state index in [1.165, 1.54) is 6.07 Å². The molecule has 1 fully saturated rings. The Labute approximate surface area is 173 Å². The number of hydrogen-bond acceptors (Lipinski definition) is 4. The van der Waals surface area contributed by atoms with Crippen LogP contribution in [0.15, 0.2) is 42.5 Å². The van der Waals surface area contributed by atoms with Gasteiger partial charge in [-0.1, -0.05) is 35.3 Å². The maximum atomic E-state index is 12.5. The van der Waals surface area contributed by atoms with Gasteiger partial charge in [0.15, 0.2) is 6.61 Å². The number of nitrogens with one attached hydrogen (secondary N) is 2. The molecule has 6 nitrogen and oxygen atoms in total. The Balaban J connectivity index is 1.57. The molecule has 0 spiro atoms. The standard InChI is InChI=1S/C20H20Cl2N2O4/c21-13-7-8-18(16(22)10-13)28-12-19(25)24-17-6-2-1-5-15(17)20(26)23-11-14-4-3-9-27-14/h1-2,5-8,10,14H,3-4,9,11-12H2,(H,23,26)(H,24,25)/t14-/m1/s1. The van der Waals surface area contributed by atoms with Crippen LogP contribution >= 0.6 is 23.2 Å². The van der Waals surface area contributed by atoms with E-state index >= 15 is 0 Å². The number of para-hydroxylation sites is 1. The Bertz CT molecular complexity index is 854. The lowest BCUT2D eigenvalue weighted by atomic mass is 10.1. The zero-order chi connectivity index (χ0) is 19.9. The highest BCUT2D eigenvalue weighted by atomic mass is 35.5. The zero-order valence-corrected chi connectivity index (χ0v) is 16.6. The molecule has 0 saturated carbocycles. The second-order valence-electron chi connectivity index (χ2n) is 6.30. The number of carbonyl (C=O) groups is 2. The second-order valence-corrected chi connectivity index (χ2v) is 7.15. The number of carbonyl (C=O) groups excluding carboxylic acids is 2. The summed E-state index contributed by atoms with van der Waals surface area (Å²) in [5, 5.41) is 6.33. The lowest BCUT2D eigenvalue weighted by molar-refractivity contribution is -0.118. The van der Waals surface area contributed by atoms with Gasteiger partial charge in [0, 0.05) is 18.2 Å². The van der Waals surface area contributed by atoms with Crippen molar-refractivity contribution in [3.05, 3.63) is 58.1 Å². The first-order valence-electron chi connectivity index (χ1n) is 8.89. The van der Waals surface area contributed by atoms with Gasteiger partial charge >= 0.3 is 0 Å². The maximum absolute atomic E-state index is 12.5. The van der Waals surface area contributed by atoms with Crippen LogP contribution in [0, 0.1) is 0 Å². The van der Waals surface area contributed by atoms with Crippen LogP contribution in [-0.4, -0.2) is 37.7 Å². The molecule has 0 bridgehead atoms. The summed E-state index contributed by atoms with van der Waals surface area (Å²) in [4.78, 5) is 24.7. The molecule has 148 valence electrons. The first-order chi connectivity index (χ1) is 13.5. The van der Waals surface area contributed by atoms with Gasteiger partial charge in [0.25, 0.3) is 11.8 Å². The van der Waals surface area contributed by atoms with Gasteiger partial charge in [-0.2, -0.15) is 0 Å². The van der Waals surface area contributed by atoms with Gasteiger partial charge in [-0.15, -0.1) is 0 Å². The summed E-state index contributed by atoms with van der Waals surface area (Å²) >= 11 is 11.9. The molecule has 2 aromatic rings. The number of ether oxygens (including phenoxy) is 2. The molecule has 1 atom stereocenters. The van der Waals surface area contributed by atoms with Gasteiger partial charge in [0.2, 0.25) is 0 Å². The Morgan fingerprint density at radius 2 is 2.00 bits per heavy atom. The van der Waals surface area contributed by atoms with Gasteiger partial charge in [-0.3, -0.25) is 9.59 Å². The summed E-state index contributed by atoms with van der Waals surface area (Å²) in [6.45, 7) is 0.914. The van der Waals surface area contributed by atoms with Crippen molar-refractivity contribution in [2.45, 2.75) is 18.9 Å². The van der Waals surface area contributed by atoms with E-state index in [0.29, 0.717) is 33.6 Å². The smallest absolute Gasteiger partial charge is 0.262 e. The van der Waals surface area contributed by atoms with E-state index in [9.17, 15) is 9.59 Å². The van der Waals surface area contributed by atoms with Gasteiger partial charge in [0.05, 0.1) is 22.4 Å². The van der Waals surface area contributed by atoms with E-state index in [2.05, 4.69) is 10.6 Å². The van der Waals surface area contributed by atoms with E-state index < -0.39 is 5.91 Å². The number of anilines is 1. The van der Waals surface area contributed by atoms with Crippen molar-refractivity contribution < 1.29 is 19.1 Å². The minimum Gasteiger partial charge on any atom is -0.482 e. The van der Waals surface area contributed by atoms with Crippen LogP contribution in [0.5, 0.6) is 5.75 Å². The third-order valence-corrected chi connectivity index (χ3v) is 4.74. The van der Waals surface area contributed by atoms with E-state index in [-0.39, 0.29) is 18.6 Å². The summed E-state index contributed by atoms with van der Waals surface area (Å²) < 4.78 is 10.9. The van der Waals surface area contributed by atoms with Crippen molar-refractivity contribution in [2.24, 2.45) is 0 Å². The minimum atomic E-state index is -0.412. The predicted molar refractivity (Wildman–Crippen MR) is 108 cm³/mol. The van der Waals surface area contributed by atoms with Crippen LogP contribution in [0.25, 0.3) is 0 Å². The molecule has 0 radical (unpaired) electrons. The first-order valence-corrected chi connectivity index (χ1v) is 9.65. The van der Waals surface area contributed by atoms with Crippen LogP contribution < -0.4 is 15.4 Å². The fourth-order valence-electron chi connectivity index (χ4n) is 2.82. The normalized spacial score (nSPS) is 15.9. The predicted octanol–water partition coefficient (Wildman–Crippen LogP) is 3.92. The van der Waals surface area contributed by atoms with E-state index in [1.54, 1.807) is 36.4 Å². The van der Waals surface area contributed by atoms with Crippen molar-refractivity contribution in [3.63, 3.8) is 0 Å². The Kier molecular flexibility index (Phi) is 7.14. The highest BCUT2D eigenvalue weighted by Gasteiger charge is 2.18. The third-order valence-electron chi connectivity index (χ3n) is 4.21. The van der Waals surface area contributed by atoms with Crippen LogP contribution in [-0.2, 0) is 9.53 Å². The molecule has 2 aromatic carbocycles. The van der Waals surface area contributed by atoms with E-state index in [1.807, 2.05) is 0 Å². The molecule has 1 aliphatic rings. The maximum Gasteiger partial charge on any atom is 0.262 e. The lowest BCUT2D eigenvalue weighted by Crippen LogP contribution is -2.32. The molecule has 3 rings (SSSR count). The Morgan fingerprint density at radius 1 is 1.18 bits per heavy atom. The van der Waals surface area contributed by atoms with E-state index in [4.69, 9.17) is 32.7 Å². The molecular weight excluding hydrogens is 403 g/mol. The number of benzene rings is 2. The van der Waals surface area contributed by atoms with Crippen LogP contribution in [0.3, 0.4) is 0 Å². The minimum absolute atomic E-state index is 0.0447. The van der Waals surface area contributed by atoms with Crippen molar-refractivity contribution in [2.75, 3.05) is 25.1 Å². The topological polar surface area (TPSA) is 76.7 Å². The average molecular weight is 423 g/mol. The molecule has 28 heavy (non-hydrogen) atoms. The summed E-state index contributed by atoms with van der Waals surface area (Å²) in [6.07, 6.45) is 1.98. The SMILES string of the molecule is O=C(COc1ccc(Cl)cc1Cl)Nc1ccccc1C(=O)NC[C@H]1CCCO1. The largest absolute Gasteiger partial charge is 0.482 e. The number of rotatable bonds is 7. The van der Waals surface area contributed by atoms with E-state index in [0.717, 1.165) is 19.4 Å². The second kappa shape index (κ2) is 9.78. The van der Waals surface area contributed by atoms with Gasteiger partial charge in [0.1, 0.15) is 5.75 Å². The Morgan fingerprint density at radius 3 is 2.75 bits per heavy atom. The third kappa shape index (κ3) is 5.61. The van der Waals surface area contributed by atoms with Gasteiger partial charge < -0.3 is 20.1 Å². The van der Waals surface area contributed by atoms with Crippen molar-refractivity contribution in [1.29, 1.82) is 0 Å². The summed E-state index contributed by atoms with van der Waals surface area (Å²) in [7, 11) is 0. The molecule has 8 heteroatoms. The van der Waals surface area contributed by atoms with Crippen molar-refractivity contribution in [3.8, 4) is 5.75 Å². The average Bonchev–Trinajstić information content (AvgIpc) is 3.19. The molecule has 1 heterocycles. The van der Waals surface area contributed by atoms with Crippen LogP contribution in [0.2, 0.25) is 10.0 Å². The van der Waals surface area contributed by atoms with Gasteiger partial charge in [-0.05, 0) is 43.2 Å². The van der Waals surface area contributed by atoms with Crippen molar-refractivity contribution >= 4 is 40.7 Å². The van der Waals surface area contributed by atoms with Crippen molar-refractivity contribution in [1.82, 2.24) is 5.32 Å². The molecule has 1 aliphatic heterocycles.